The van der Waals surface area contributed by atoms with E-state index in [2.05, 4.69) is 39.0 Å². The van der Waals surface area contributed by atoms with Crippen LogP contribution < -0.4 is 0 Å². The number of likely N-dealkylation sites (tertiary alicyclic amines) is 1. The second-order valence-corrected chi connectivity index (χ2v) is 6.15. The van der Waals surface area contributed by atoms with Crippen molar-refractivity contribution in [3.05, 3.63) is 23.9 Å². The second kappa shape index (κ2) is 5.93. The monoisotopic (exact) mass is 290 g/mol. The number of hydrogen-bond acceptors (Lipinski definition) is 6. The van der Waals surface area contributed by atoms with E-state index < -0.39 is 0 Å². The van der Waals surface area contributed by atoms with Crippen molar-refractivity contribution in [2.75, 3.05) is 13.1 Å². The molecule has 114 valence electrons. The number of hydrogen-bond donors (Lipinski definition) is 0. The minimum absolute atomic E-state index is 0.340. The Balaban J connectivity index is 1.61. The average Bonchev–Trinajstić information content (AvgIpc) is 3.12. The van der Waals surface area contributed by atoms with Crippen molar-refractivity contribution in [1.82, 2.24) is 29.8 Å². The van der Waals surface area contributed by atoms with Gasteiger partial charge in [-0.3, -0.25) is 4.90 Å². The van der Waals surface area contributed by atoms with Crippen LogP contribution in [0, 0.1) is 12.8 Å². The molecule has 7 nitrogen and oxygen atoms in total. The lowest BCUT2D eigenvalue weighted by molar-refractivity contribution is 0.293. The van der Waals surface area contributed by atoms with E-state index in [4.69, 9.17) is 4.52 Å². The molecule has 1 atom stereocenters. The van der Waals surface area contributed by atoms with Gasteiger partial charge in [-0.05, 0) is 25.8 Å². The lowest BCUT2D eigenvalue weighted by Crippen LogP contribution is -2.23. The molecule has 0 amide bonds. The normalized spacial score (nSPS) is 19.7. The van der Waals surface area contributed by atoms with Gasteiger partial charge in [-0.2, -0.15) is 10.1 Å². The molecule has 0 radical (unpaired) electrons. The Morgan fingerprint density at radius 3 is 3.00 bits per heavy atom. The molecule has 1 saturated heterocycles. The Morgan fingerprint density at radius 2 is 2.29 bits per heavy atom. The highest BCUT2D eigenvalue weighted by molar-refractivity contribution is 4.99. The van der Waals surface area contributed by atoms with E-state index in [0.717, 1.165) is 44.3 Å². The molecule has 1 aliphatic rings. The van der Waals surface area contributed by atoms with E-state index in [0.29, 0.717) is 17.7 Å². The zero-order valence-electron chi connectivity index (χ0n) is 12.9. The second-order valence-electron chi connectivity index (χ2n) is 6.15. The molecule has 0 N–H and O–H groups in total. The molecule has 21 heavy (non-hydrogen) atoms. The van der Waals surface area contributed by atoms with Crippen LogP contribution in [0.25, 0.3) is 0 Å². The molecule has 0 bridgehead atoms. The lowest BCUT2D eigenvalue weighted by atomic mass is 10.1. The molecule has 0 aliphatic carbocycles. The van der Waals surface area contributed by atoms with Crippen LogP contribution in [0.15, 0.2) is 10.9 Å². The summed E-state index contributed by atoms with van der Waals surface area (Å²) < 4.78 is 7.30. The van der Waals surface area contributed by atoms with Gasteiger partial charge in [0.25, 0.3) is 0 Å². The van der Waals surface area contributed by atoms with Gasteiger partial charge in [0.05, 0.1) is 12.5 Å². The van der Waals surface area contributed by atoms with Crippen molar-refractivity contribution in [3.63, 3.8) is 0 Å². The van der Waals surface area contributed by atoms with Crippen LogP contribution in [0.5, 0.6) is 0 Å². The fraction of sp³-hybridized carbons (Fsp3) is 0.714. The van der Waals surface area contributed by atoms with Crippen LogP contribution in [-0.4, -0.2) is 42.9 Å². The van der Waals surface area contributed by atoms with Crippen molar-refractivity contribution in [2.24, 2.45) is 5.92 Å². The molecule has 0 aromatic carbocycles. The van der Waals surface area contributed by atoms with Gasteiger partial charge in [0, 0.05) is 13.1 Å². The molecule has 2 aromatic rings. The third-order valence-corrected chi connectivity index (χ3v) is 3.76. The highest BCUT2D eigenvalue weighted by Crippen LogP contribution is 2.26. The highest BCUT2D eigenvalue weighted by atomic mass is 16.5. The van der Waals surface area contributed by atoms with Crippen LogP contribution in [0.1, 0.15) is 43.7 Å². The number of nitrogens with zero attached hydrogens (tertiary/aromatic N) is 6. The topological polar surface area (TPSA) is 72.9 Å². The van der Waals surface area contributed by atoms with E-state index in [1.165, 1.54) is 0 Å². The van der Waals surface area contributed by atoms with Gasteiger partial charge in [-0.1, -0.05) is 19.0 Å². The standard InChI is InChI=1S/C14H22N6O/c1-10(2)6-20-13(15-9-16-20)8-19-5-4-12(7-19)14-17-11(3)18-21-14/h9-10,12H,4-8H2,1-3H3. The van der Waals surface area contributed by atoms with E-state index in [-0.39, 0.29) is 0 Å². The van der Waals surface area contributed by atoms with Crippen LogP contribution >= 0.6 is 0 Å². The summed E-state index contributed by atoms with van der Waals surface area (Å²) in [6.07, 6.45) is 2.70. The van der Waals surface area contributed by atoms with Gasteiger partial charge < -0.3 is 4.52 Å². The summed E-state index contributed by atoms with van der Waals surface area (Å²) in [5.41, 5.74) is 0. The predicted molar refractivity (Wildman–Crippen MR) is 76.5 cm³/mol. The van der Waals surface area contributed by atoms with Gasteiger partial charge in [0.1, 0.15) is 12.2 Å². The fourth-order valence-electron chi connectivity index (χ4n) is 2.77. The average molecular weight is 290 g/mol. The zero-order chi connectivity index (χ0) is 14.8. The van der Waals surface area contributed by atoms with Crippen LogP contribution in [-0.2, 0) is 13.1 Å². The third-order valence-electron chi connectivity index (χ3n) is 3.76. The Kier molecular flexibility index (Phi) is 4.01. The molecular weight excluding hydrogens is 268 g/mol. The Bertz CT molecular complexity index is 590. The summed E-state index contributed by atoms with van der Waals surface area (Å²) in [5, 5.41) is 8.19. The molecule has 2 aromatic heterocycles. The van der Waals surface area contributed by atoms with E-state index in [1.54, 1.807) is 6.33 Å². The van der Waals surface area contributed by atoms with Crippen LogP contribution in [0.3, 0.4) is 0 Å². The van der Waals surface area contributed by atoms with Gasteiger partial charge in [-0.15, -0.1) is 0 Å². The molecule has 1 aliphatic heterocycles. The Morgan fingerprint density at radius 1 is 1.43 bits per heavy atom. The van der Waals surface area contributed by atoms with Crippen molar-refractivity contribution < 1.29 is 4.52 Å². The first-order chi connectivity index (χ1) is 10.1. The van der Waals surface area contributed by atoms with E-state index in [1.807, 2.05) is 11.6 Å². The summed E-state index contributed by atoms with van der Waals surface area (Å²) in [6.45, 7) is 9.95. The van der Waals surface area contributed by atoms with Gasteiger partial charge in [0.2, 0.25) is 5.89 Å². The van der Waals surface area contributed by atoms with Crippen molar-refractivity contribution in [1.29, 1.82) is 0 Å². The molecule has 1 unspecified atom stereocenters. The lowest BCUT2D eigenvalue weighted by Gasteiger charge is -2.16. The minimum Gasteiger partial charge on any atom is -0.339 e. The maximum Gasteiger partial charge on any atom is 0.231 e. The summed E-state index contributed by atoms with van der Waals surface area (Å²) in [5.74, 6) is 3.41. The van der Waals surface area contributed by atoms with Crippen molar-refractivity contribution >= 4 is 0 Å². The van der Waals surface area contributed by atoms with Gasteiger partial charge in [-0.25, -0.2) is 9.67 Å². The van der Waals surface area contributed by atoms with Crippen LogP contribution in [0.4, 0.5) is 0 Å². The molecule has 0 saturated carbocycles. The molecule has 0 spiro atoms. The van der Waals surface area contributed by atoms with Crippen molar-refractivity contribution in [2.45, 2.75) is 46.2 Å². The highest BCUT2D eigenvalue weighted by Gasteiger charge is 2.28. The first kappa shape index (κ1) is 14.2. The summed E-state index contributed by atoms with van der Waals surface area (Å²) in [4.78, 5) is 11.1. The molecular formula is C14H22N6O. The van der Waals surface area contributed by atoms with E-state index in [9.17, 15) is 0 Å². The summed E-state index contributed by atoms with van der Waals surface area (Å²) >= 11 is 0. The largest absolute Gasteiger partial charge is 0.339 e. The first-order valence-electron chi connectivity index (χ1n) is 7.51. The first-order valence-corrected chi connectivity index (χ1v) is 7.51. The summed E-state index contributed by atoms with van der Waals surface area (Å²) in [7, 11) is 0. The molecule has 3 rings (SSSR count). The molecule has 7 heteroatoms. The number of aryl methyl sites for hydroxylation is 1. The number of aromatic nitrogens is 5. The number of rotatable bonds is 5. The third kappa shape index (κ3) is 3.29. The molecule has 3 heterocycles. The van der Waals surface area contributed by atoms with E-state index >= 15 is 0 Å². The Labute approximate surface area is 124 Å². The predicted octanol–water partition coefficient (Wildman–Crippen LogP) is 1.62. The Hall–Kier alpha value is -1.76. The van der Waals surface area contributed by atoms with Gasteiger partial charge in [0.15, 0.2) is 5.82 Å². The maximum atomic E-state index is 5.29. The maximum absolute atomic E-state index is 5.29. The van der Waals surface area contributed by atoms with Gasteiger partial charge >= 0.3 is 0 Å². The molecule has 1 fully saturated rings. The summed E-state index contributed by atoms with van der Waals surface area (Å²) in [6, 6.07) is 0. The fourth-order valence-corrected chi connectivity index (χ4v) is 2.77. The minimum atomic E-state index is 0.340. The quantitative estimate of drug-likeness (QED) is 0.833. The van der Waals surface area contributed by atoms with Crippen LogP contribution in [0.2, 0.25) is 0 Å². The van der Waals surface area contributed by atoms with Crippen molar-refractivity contribution in [3.8, 4) is 0 Å². The zero-order valence-corrected chi connectivity index (χ0v) is 12.9. The smallest absolute Gasteiger partial charge is 0.231 e. The SMILES string of the molecule is Cc1noc(C2CCN(Cc3ncnn3CC(C)C)C2)n1.